The van der Waals surface area contributed by atoms with Gasteiger partial charge in [0.1, 0.15) is 5.82 Å². The molecule has 7 heteroatoms. The second kappa shape index (κ2) is 6.46. The highest BCUT2D eigenvalue weighted by molar-refractivity contribution is 5.89. The van der Waals surface area contributed by atoms with E-state index in [-0.39, 0.29) is 23.7 Å². The van der Waals surface area contributed by atoms with E-state index in [0.29, 0.717) is 26.1 Å². The fourth-order valence-electron chi connectivity index (χ4n) is 4.03. The molecule has 0 unspecified atom stereocenters. The third kappa shape index (κ3) is 2.88. The predicted molar refractivity (Wildman–Crippen MR) is 91.9 cm³/mol. The molecule has 0 saturated carbocycles. The minimum atomic E-state index is -0.193. The number of rotatable bonds is 3. The second-order valence-electron chi connectivity index (χ2n) is 6.94. The van der Waals surface area contributed by atoms with Gasteiger partial charge in [-0.1, -0.05) is 6.07 Å². The number of hydrogen-bond donors (Lipinski definition) is 0. The zero-order valence-electron chi connectivity index (χ0n) is 14.5. The molecular weight excluding hydrogens is 318 g/mol. The van der Waals surface area contributed by atoms with E-state index in [1.54, 1.807) is 4.90 Å². The minimum absolute atomic E-state index is 0.0952. The summed E-state index contributed by atoms with van der Waals surface area (Å²) in [5.74, 6) is 1.13. The molecular formula is C18H23N5O2. The van der Waals surface area contributed by atoms with Crippen molar-refractivity contribution in [1.82, 2.24) is 24.4 Å². The van der Waals surface area contributed by atoms with E-state index in [1.165, 1.54) is 0 Å². The van der Waals surface area contributed by atoms with Crippen molar-refractivity contribution >= 4 is 17.5 Å². The Morgan fingerprint density at radius 1 is 1.28 bits per heavy atom. The molecule has 25 heavy (non-hydrogen) atoms. The number of aromatic nitrogens is 3. The van der Waals surface area contributed by atoms with Crippen LogP contribution in [0.3, 0.4) is 0 Å². The highest BCUT2D eigenvalue weighted by atomic mass is 16.2. The van der Waals surface area contributed by atoms with Crippen molar-refractivity contribution in [3.05, 3.63) is 30.2 Å². The van der Waals surface area contributed by atoms with Crippen molar-refractivity contribution in [3.63, 3.8) is 0 Å². The fourth-order valence-corrected chi connectivity index (χ4v) is 4.03. The molecule has 2 aromatic rings. The Hall–Kier alpha value is -2.44. The number of likely N-dealkylation sites (tertiary alicyclic amines) is 2. The number of nitrogens with zero attached hydrogens (tertiary/aromatic N) is 5. The van der Waals surface area contributed by atoms with Gasteiger partial charge in [-0.25, -0.2) is 0 Å². The molecule has 0 N–H and O–H groups in total. The van der Waals surface area contributed by atoms with Crippen LogP contribution >= 0.6 is 0 Å². The predicted octanol–water partition coefficient (Wildman–Crippen LogP) is 1.30. The van der Waals surface area contributed by atoms with Crippen molar-refractivity contribution in [2.75, 3.05) is 26.2 Å². The molecule has 0 bridgehead atoms. The van der Waals surface area contributed by atoms with Gasteiger partial charge >= 0.3 is 0 Å². The quantitative estimate of drug-likeness (QED) is 0.844. The first kappa shape index (κ1) is 16.1. The monoisotopic (exact) mass is 341 g/mol. The van der Waals surface area contributed by atoms with Crippen LogP contribution < -0.4 is 0 Å². The first-order valence-electron chi connectivity index (χ1n) is 9.03. The molecule has 4 heterocycles. The van der Waals surface area contributed by atoms with Gasteiger partial charge in [-0.2, -0.15) is 0 Å². The molecule has 2 fully saturated rings. The average Bonchev–Trinajstić information content (AvgIpc) is 3.24. The van der Waals surface area contributed by atoms with Crippen molar-refractivity contribution < 1.29 is 9.59 Å². The first-order chi connectivity index (χ1) is 12.2. The van der Waals surface area contributed by atoms with Crippen LogP contribution in [-0.4, -0.2) is 62.4 Å². The van der Waals surface area contributed by atoms with E-state index in [0.717, 1.165) is 30.9 Å². The second-order valence-corrected chi connectivity index (χ2v) is 6.94. The van der Waals surface area contributed by atoms with Gasteiger partial charge in [0.05, 0.1) is 5.92 Å². The molecule has 0 aliphatic carbocycles. The van der Waals surface area contributed by atoms with Crippen LogP contribution in [0.1, 0.15) is 37.9 Å². The third-order valence-corrected chi connectivity index (χ3v) is 5.38. The van der Waals surface area contributed by atoms with Crippen LogP contribution in [0.15, 0.2) is 24.4 Å². The van der Waals surface area contributed by atoms with Gasteiger partial charge in [-0.3, -0.25) is 14.0 Å². The summed E-state index contributed by atoms with van der Waals surface area (Å²) in [4.78, 5) is 28.5. The summed E-state index contributed by atoms with van der Waals surface area (Å²) in [6.07, 6.45) is 4.28. The highest BCUT2D eigenvalue weighted by Gasteiger charge is 2.37. The molecule has 2 atom stereocenters. The number of piperidine rings is 1. The summed E-state index contributed by atoms with van der Waals surface area (Å²) in [6, 6.07) is 5.85. The Kier molecular flexibility index (Phi) is 4.15. The van der Waals surface area contributed by atoms with Gasteiger partial charge in [0.15, 0.2) is 5.65 Å². The normalized spacial score (nSPS) is 24.3. The number of fused-ring (bicyclic) bond motifs is 1. The Balaban J connectivity index is 1.49. The van der Waals surface area contributed by atoms with Gasteiger partial charge in [-0.05, 0) is 31.9 Å². The topological polar surface area (TPSA) is 70.8 Å². The van der Waals surface area contributed by atoms with E-state index in [4.69, 9.17) is 0 Å². The summed E-state index contributed by atoms with van der Waals surface area (Å²) in [5, 5.41) is 8.59. The van der Waals surface area contributed by atoms with Crippen LogP contribution in [0.25, 0.3) is 5.65 Å². The maximum atomic E-state index is 12.9. The number of carbonyl (C=O) groups is 2. The molecule has 7 nitrogen and oxygen atoms in total. The van der Waals surface area contributed by atoms with Crippen LogP contribution in [0.2, 0.25) is 0 Å². The molecule has 4 rings (SSSR count). The van der Waals surface area contributed by atoms with E-state index in [2.05, 4.69) is 10.2 Å². The lowest BCUT2D eigenvalue weighted by Crippen LogP contribution is -2.43. The lowest BCUT2D eigenvalue weighted by atomic mass is 9.95. The van der Waals surface area contributed by atoms with Crippen LogP contribution in [0.4, 0.5) is 0 Å². The van der Waals surface area contributed by atoms with Crippen LogP contribution in [0.5, 0.6) is 0 Å². The van der Waals surface area contributed by atoms with Crippen LogP contribution in [-0.2, 0) is 9.59 Å². The molecule has 0 spiro atoms. The summed E-state index contributed by atoms with van der Waals surface area (Å²) >= 11 is 0. The van der Waals surface area contributed by atoms with Crippen molar-refractivity contribution in [2.45, 2.75) is 32.1 Å². The van der Waals surface area contributed by atoms with E-state index in [9.17, 15) is 9.59 Å². The largest absolute Gasteiger partial charge is 0.342 e. The number of amides is 2. The lowest BCUT2D eigenvalue weighted by molar-refractivity contribution is -0.137. The summed E-state index contributed by atoms with van der Waals surface area (Å²) < 4.78 is 2.01. The van der Waals surface area contributed by atoms with Gasteiger partial charge in [0.2, 0.25) is 11.8 Å². The van der Waals surface area contributed by atoms with Gasteiger partial charge in [-0.15, -0.1) is 10.2 Å². The zero-order valence-corrected chi connectivity index (χ0v) is 14.5. The minimum Gasteiger partial charge on any atom is -0.342 e. The Morgan fingerprint density at radius 2 is 2.16 bits per heavy atom. The smallest absolute Gasteiger partial charge is 0.228 e. The van der Waals surface area contributed by atoms with Crippen molar-refractivity contribution in [1.29, 1.82) is 0 Å². The molecule has 2 aliphatic rings. The maximum absolute atomic E-state index is 12.9. The van der Waals surface area contributed by atoms with Crippen molar-refractivity contribution in [3.8, 4) is 0 Å². The van der Waals surface area contributed by atoms with E-state index in [1.807, 2.05) is 40.6 Å². The van der Waals surface area contributed by atoms with Gasteiger partial charge in [0.25, 0.3) is 0 Å². The lowest BCUT2D eigenvalue weighted by Gasteiger charge is -2.33. The van der Waals surface area contributed by atoms with Crippen molar-refractivity contribution in [2.24, 2.45) is 5.92 Å². The average molecular weight is 341 g/mol. The van der Waals surface area contributed by atoms with Gasteiger partial charge < -0.3 is 9.80 Å². The van der Waals surface area contributed by atoms with Gasteiger partial charge in [0, 0.05) is 44.7 Å². The zero-order chi connectivity index (χ0) is 17.4. The van der Waals surface area contributed by atoms with Crippen LogP contribution in [0, 0.1) is 5.92 Å². The first-order valence-corrected chi connectivity index (χ1v) is 9.03. The number of carbonyl (C=O) groups excluding carboxylic acids is 2. The maximum Gasteiger partial charge on any atom is 0.228 e. The summed E-state index contributed by atoms with van der Waals surface area (Å²) in [7, 11) is 0. The molecule has 2 aromatic heterocycles. The Bertz CT molecular complexity index is 802. The molecule has 0 radical (unpaired) electrons. The highest BCUT2D eigenvalue weighted by Crippen LogP contribution is 2.28. The third-order valence-electron chi connectivity index (χ3n) is 5.38. The summed E-state index contributed by atoms with van der Waals surface area (Å²) in [5.41, 5.74) is 0.834. The number of pyridine rings is 1. The molecule has 0 aromatic carbocycles. The standard InChI is InChI=1S/C18H23N5O2/c1-2-21-12-14(10-16(21)24)18(25)22-8-5-6-13(11-22)17-20-19-15-7-3-4-9-23(15)17/h3-4,7,9,13-14H,2,5-6,8,10-12H2,1H3/t13-,14+/m0/s1. The Labute approximate surface area is 146 Å². The van der Waals surface area contributed by atoms with E-state index < -0.39 is 0 Å². The number of hydrogen-bond acceptors (Lipinski definition) is 4. The molecule has 2 aliphatic heterocycles. The summed E-state index contributed by atoms with van der Waals surface area (Å²) in [6.45, 7) is 4.62. The molecule has 132 valence electrons. The molecule has 2 saturated heterocycles. The van der Waals surface area contributed by atoms with E-state index >= 15 is 0 Å². The SMILES string of the molecule is CCN1C[C@H](C(=O)N2CCC[C@H](c3nnc4ccccn34)C2)CC1=O. The fraction of sp³-hybridized carbons (Fsp3) is 0.556. The Morgan fingerprint density at radius 3 is 2.96 bits per heavy atom. The molecule has 2 amide bonds.